The molecular formula is C20H22N4O3S. The molecule has 0 fully saturated rings. The van der Waals surface area contributed by atoms with E-state index >= 15 is 0 Å². The van der Waals surface area contributed by atoms with Crippen LogP contribution >= 0.6 is 0 Å². The van der Waals surface area contributed by atoms with Crippen LogP contribution in [0.25, 0.3) is 11.5 Å². The van der Waals surface area contributed by atoms with Gasteiger partial charge in [-0.3, -0.25) is 4.31 Å². The summed E-state index contributed by atoms with van der Waals surface area (Å²) >= 11 is 0. The van der Waals surface area contributed by atoms with Crippen LogP contribution in [0.2, 0.25) is 0 Å². The Hall–Kier alpha value is -2.87. The van der Waals surface area contributed by atoms with Gasteiger partial charge in [0.15, 0.2) is 0 Å². The van der Waals surface area contributed by atoms with Crippen molar-refractivity contribution in [2.24, 2.45) is 0 Å². The number of rotatable bonds is 3. The average molecular weight is 398 g/mol. The number of para-hydroxylation sites is 1. The molecule has 8 heteroatoms. The molecule has 0 N–H and O–H groups in total. The molecule has 1 aliphatic rings. The van der Waals surface area contributed by atoms with Gasteiger partial charge in [0.05, 0.1) is 22.8 Å². The number of aromatic nitrogens is 2. The molecule has 0 atom stereocenters. The topological polar surface area (TPSA) is 79.5 Å². The molecule has 0 spiro atoms. The molecule has 146 valence electrons. The van der Waals surface area contributed by atoms with Crippen LogP contribution in [0.4, 0.5) is 11.4 Å². The van der Waals surface area contributed by atoms with E-state index in [4.69, 9.17) is 4.42 Å². The standard InChI is InChI=1S/C20H22N4O3S/c1-13-6-5-7-17-19(13)24(11-10-23(17)4)28(25,26)18-9-8-16(12-14(18)2)20-22-21-15(3)27-20/h5-9,12H,10-11H2,1-4H3. The molecule has 7 nitrogen and oxygen atoms in total. The number of nitrogens with zero attached hydrogens (tertiary/aromatic N) is 4. The molecule has 28 heavy (non-hydrogen) atoms. The van der Waals surface area contributed by atoms with Crippen molar-refractivity contribution in [3.8, 4) is 11.5 Å². The molecule has 1 aliphatic heterocycles. The summed E-state index contributed by atoms with van der Waals surface area (Å²) < 4.78 is 34.1. The van der Waals surface area contributed by atoms with E-state index in [9.17, 15) is 8.42 Å². The van der Waals surface area contributed by atoms with Crippen molar-refractivity contribution in [2.45, 2.75) is 25.7 Å². The summed E-state index contributed by atoms with van der Waals surface area (Å²) in [4.78, 5) is 2.37. The second-order valence-corrected chi connectivity index (χ2v) is 8.88. The van der Waals surface area contributed by atoms with Crippen LogP contribution in [-0.4, -0.2) is 38.8 Å². The van der Waals surface area contributed by atoms with E-state index in [0.717, 1.165) is 16.9 Å². The van der Waals surface area contributed by atoms with Crippen molar-refractivity contribution in [1.82, 2.24) is 10.2 Å². The number of hydrogen-bond acceptors (Lipinski definition) is 6. The van der Waals surface area contributed by atoms with Gasteiger partial charge in [0.25, 0.3) is 10.0 Å². The maximum absolute atomic E-state index is 13.5. The van der Waals surface area contributed by atoms with Gasteiger partial charge in [0.2, 0.25) is 11.8 Å². The van der Waals surface area contributed by atoms with Gasteiger partial charge in [-0.2, -0.15) is 0 Å². The normalized spacial score (nSPS) is 14.3. The van der Waals surface area contributed by atoms with E-state index in [1.807, 2.05) is 32.2 Å². The Morgan fingerprint density at radius 3 is 2.46 bits per heavy atom. The Balaban J connectivity index is 1.79. The van der Waals surface area contributed by atoms with Crippen molar-refractivity contribution in [1.29, 1.82) is 0 Å². The van der Waals surface area contributed by atoms with Crippen molar-refractivity contribution in [3.63, 3.8) is 0 Å². The molecule has 2 aromatic carbocycles. The van der Waals surface area contributed by atoms with Crippen LogP contribution in [0.5, 0.6) is 0 Å². The van der Waals surface area contributed by atoms with Gasteiger partial charge in [0, 0.05) is 26.1 Å². The van der Waals surface area contributed by atoms with Crippen LogP contribution in [-0.2, 0) is 10.0 Å². The zero-order chi connectivity index (χ0) is 20.1. The van der Waals surface area contributed by atoms with E-state index in [2.05, 4.69) is 15.1 Å². The first-order valence-corrected chi connectivity index (χ1v) is 10.5. The highest BCUT2D eigenvalue weighted by Crippen LogP contribution is 2.39. The van der Waals surface area contributed by atoms with E-state index in [1.165, 1.54) is 4.31 Å². The van der Waals surface area contributed by atoms with E-state index in [1.54, 1.807) is 32.0 Å². The number of benzene rings is 2. The summed E-state index contributed by atoms with van der Waals surface area (Å²) in [5.74, 6) is 0.846. The van der Waals surface area contributed by atoms with E-state index in [-0.39, 0.29) is 4.90 Å². The summed E-state index contributed by atoms with van der Waals surface area (Å²) in [6, 6.07) is 11.0. The first kappa shape index (κ1) is 18.5. The van der Waals surface area contributed by atoms with Gasteiger partial charge in [-0.05, 0) is 49.2 Å². The van der Waals surface area contributed by atoms with Crippen molar-refractivity contribution < 1.29 is 12.8 Å². The third-order valence-corrected chi connectivity index (χ3v) is 6.99. The van der Waals surface area contributed by atoms with Gasteiger partial charge < -0.3 is 9.32 Å². The minimum Gasteiger partial charge on any atom is -0.421 e. The monoisotopic (exact) mass is 398 g/mol. The minimum atomic E-state index is -3.71. The molecule has 0 amide bonds. The Kier molecular flexibility index (Phi) is 4.38. The van der Waals surface area contributed by atoms with Crippen molar-refractivity contribution in [3.05, 3.63) is 53.4 Å². The second-order valence-electron chi connectivity index (χ2n) is 7.05. The number of aryl methyl sites for hydroxylation is 3. The third-order valence-electron chi connectivity index (χ3n) is 5.03. The first-order chi connectivity index (χ1) is 13.3. The quantitative estimate of drug-likeness (QED) is 0.673. The lowest BCUT2D eigenvalue weighted by Crippen LogP contribution is -2.43. The van der Waals surface area contributed by atoms with Crippen molar-refractivity contribution >= 4 is 21.4 Å². The highest BCUT2D eigenvalue weighted by molar-refractivity contribution is 7.93. The average Bonchev–Trinajstić information content (AvgIpc) is 3.08. The highest BCUT2D eigenvalue weighted by atomic mass is 32.2. The largest absolute Gasteiger partial charge is 0.421 e. The van der Waals surface area contributed by atoms with Gasteiger partial charge in [-0.1, -0.05) is 12.1 Å². The van der Waals surface area contributed by atoms with Crippen LogP contribution in [0.3, 0.4) is 0 Å². The van der Waals surface area contributed by atoms with Gasteiger partial charge in [-0.25, -0.2) is 8.42 Å². The molecule has 3 aromatic rings. The van der Waals surface area contributed by atoms with Crippen LogP contribution in [0.15, 0.2) is 45.7 Å². The summed E-state index contributed by atoms with van der Waals surface area (Å²) in [6.45, 7) is 6.48. The summed E-state index contributed by atoms with van der Waals surface area (Å²) in [5.41, 5.74) is 3.94. The predicted molar refractivity (Wildman–Crippen MR) is 108 cm³/mol. The summed E-state index contributed by atoms with van der Waals surface area (Å²) in [7, 11) is -1.72. The van der Waals surface area contributed by atoms with Crippen molar-refractivity contribution in [2.75, 3.05) is 29.3 Å². The zero-order valence-electron chi connectivity index (χ0n) is 16.3. The predicted octanol–water partition coefficient (Wildman–Crippen LogP) is 3.31. The fraction of sp³-hybridized carbons (Fsp3) is 0.300. The number of fused-ring (bicyclic) bond motifs is 1. The minimum absolute atomic E-state index is 0.284. The molecular weight excluding hydrogens is 376 g/mol. The fourth-order valence-corrected chi connectivity index (χ4v) is 5.34. The second kappa shape index (κ2) is 6.63. The number of hydrogen-bond donors (Lipinski definition) is 0. The molecule has 0 aliphatic carbocycles. The molecule has 1 aromatic heterocycles. The molecule has 0 unspecified atom stereocenters. The zero-order valence-corrected chi connectivity index (χ0v) is 17.1. The maximum atomic E-state index is 13.5. The Bertz CT molecular complexity index is 1150. The highest BCUT2D eigenvalue weighted by Gasteiger charge is 2.33. The fourth-order valence-electron chi connectivity index (χ4n) is 3.59. The molecule has 0 bridgehead atoms. The van der Waals surface area contributed by atoms with E-state index < -0.39 is 10.0 Å². The Morgan fingerprint density at radius 1 is 1.00 bits per heavy atom. The Labute approximate surface area is 164 Å². The number of likely N-dealkylation sites (N-methyl/N-ethyl adjacent to an activating group) is 1. The molecule has 4 rings (SSSR count). The summed E-state index contributed by atoms with van der Waals surface area (Å²) in [6.07, 6.45) is 0. The lowest BCUT2D eigenvalue weighted by molar-refractivity contribution is 0.532. The Morgan fingerprint density at radius 2 is 1.79 bits per heavy atom. The maximum Gasteiger partial charge on any atom is 0.264 e. The lowest BCUT2D eigenvalue weighted by Gasteiger charge is -2.37. The molecule has 2 heterocycles. The van der Waals surface area contributed by atoms with Gasteiger partial charge >= 0.3 is 0 Å². The lowest BCUT2D eigenvalue weighted by atomic mass is 10.1. The van der Waals surface area contributed by atoms with Crippen LogP contribution in [0.1, 0.15) is 17.0 Å². The molecule has 0 radical (unpaired) electrons. The third kappa shape index (κ3) is 2.93. The van der Waals surface area contributed by atoms with E-state index in [0.29, 0.717) is 36.0 Å². The number of anilines is 2. The SMILES string of the molecule is Cc1nnc(-c2ccc(S(=O)(=O)N3CCN(C)c4cccc(C)c43)c(C)c2)o1. The first-order valence-electron chi connectivity index (χ1n) is 9.03. The van der Waals surface area contributed by atoms with Crippen LogP contribution < -0.4 is 9.21 Å². The van der Waals surface area contributed by atoms with Crippen LogP contribution in [0, 0.1) is 20.8 Å². The smallest absolute Gasteiger partial charge is 0.264 e. The molecule has 0 saturated carbocycles. The summed E-state index contributed by atoms with van der Waals surface area (Å²) in [5, 5.41) is 7.84. The molecule has 0 saturated heterocycles. The van der Waals surface area contributed by atoms with Gasteiger partial charge in [0.1, 0.15) is 0 Å². The number of sulfonamides is 1. The van der Waals surface area contributed by atoms with Gasteiger partial charge in [-0.15, -0.1) is 10.2 Å².